The smallest absolute Gasteiger partial charge is 0.416 e. The molecule has 356 valence electrons. The third-order valence-electron chi connectivity index (χ3n) is 13.4. The van der Waals surface area contributed by atoms with E-state index in [4.69, 9.17) is 4.74 Å². The van der Waals surface area contributed by atoms with E-state index in [1.165, 1.54) is 29.0 Å². The van der Waals surface area contributed by atoms with Crippen molar-refractivity contribution in [3.8, 4) is 0 Å². The number of nitrogens with one attached hydrogen (secondary N) is 4. The van der Waals surface area contributed by atoms with Crippen LogP contribution in [0, 0.1) is 11.8 Å². The molecule has 6 rings (SSSR count). The third-order valence-corrected chi connectivity index (χ3v) is 13.4. The highest BCUT2D eigenvalue weighted by Crippen LogP contribution is 2.47. The van der Waals surface area contributed by atoms with E-state index < -0.39 is 59.9 Å². The van der Waals surface area contributed by atoms with E-state index in [0.717, 1.165) is 23.3 Å². The molecule has 3 saturated heterocycles. The Labute approximate surface area is 382 Å². The first-order valence-electron chi connectivity index (χ1n) is 22.7. The second-order valence-electron chi connectivity index (χ2n) is 17.5. The Balaban J connectivity index is 1.17. The van der Waals surface area contributed by atoms with Crippen LogP contribution in [0.15, 0.2) is 72.8 Å². The third kappa shape index (κ3) is 11.2. The zero-order valence-corrected chi connectivity index (χ0v) is 37.9. The van der Waals surface area contributed by atoms with Crippen molar-refractivity contribution >= 4 is 52.9 Å². The van der Waals surface area contributed by atoms with Crippen LogP contribution in [0.2, 0.25) is 0 Å². The lowest BCUT2D eigenvalue weighted by atomic mass is 9.97. The summed E-state index contributed by atoms with van der Waals surface area (Å²) in [6.07, 6.45) is -2.03. The first-order valence-corrected chi connectivity index (χ1v) is 22.7. The minimum absolute atomic E-state index is 0.202. The summed E-state index contributed by atoms with van der Waals surface area (Å²) in [5, 5.41) is 20.2. The van der Waals surface area contributed by atoms with Crippen LogP contribution in [0.4, 0.5) is 39.8 Å². The zero-order valence-electron chi connectivity index (χ0n) is 37.9. The van der Waals surface area contributed by atoms with Crippen molar-refractivity contribution in [1.82, 2.24) is 20.4 Å². The summed E-state index contributed by atoms with van der Waals surface area (Å²) in [4.78, 5) is 83.1. The highest BCUT2D eigenvalue weighted by Gasteiger charge is 2.42. The number of nitrogens with zero attached hydrogens (tertiary/aromatic N) is 3. The van der Waals surface area contributed by atoms with E-state index in [2.05, 4.69) is 26.2 Å². The Morgan fingerprint density at radius 2 is 1.09 bits per heavy atom. The summed E-state index contributed by atoms with van der Waals surface area (Å²) >= 11 is 0. The summed E-state index contributed by atoms with van der Waals surface area (Å²) < 4.78 is 45.7. The quantitative estimate of drug-likeness (QED) is 0.100. The number of halogens is 3. The molecule has 0 bridgehead atoms. The Morgan fingerprint density at radius 1 is 0.667 bits per heavy atom. The molecule has 18 heteroatoms. The van der Waals surface area contributed by atoms with E-state index >= 15 is 0 Å². The lowest BCUT2D eigenvalue weighted by Gasteiger charge is -2.34. The van der Waals surface area contributed by atoms with E-state index in [1.54, 1.807) is 31.2 Å². The monoisotopic (exact) mass is 919 g/mol. The Bertz CT molecular complexity index is 2210. The molecule has 6 amide bonds. The molecular formula is C48H60F3N7O8. The summed E-state index contributed by atoms with van der Waals surface area (Å²) in [7, 11) is 1.22. The lowest BCUT2D eigenvalue weighted by molar-refractivity contribution is -0.139. The van der Waals surface area contributed by atoms with Crippen LogP contribution >= 0.6 is 0 Å². The van der Waals surface area contributed by atoms with Gasteiger partial charge in [0.25, 0.3) is 0 Å². The molecule has 8 atom stereocenters. The molecule has 0 aromatic heterocycles. The number of methoxy groups -OCH3 is 1. The van der Waals surface area contributed by atoms with Crippen molar-refractivity contribution in [2.24, 2.45) is 11.8 Å². The number of alkyl carbamates (subject to hydrolysis) is 1. The molecule has 3 aliphatic heterocycles. The number of carbonyl (C=O) groups excluding carboxylic acids is 5. The average molecular weight is 920 g/mol. The molecule has 3 heterocycles. The van der Waals surface area contributed by atoms with Crippen molar-refractivity contribution in [3.63, 3.8) is 0 Å². The number of alkyl halides is 3. The Morgan fingerprint density at radius 3 is 1.47 bits per heavy atom. The second-order valence-corrected chi connectivity index (χ2v) is 17.5. The molecule has 3 aromatic carbocycles. The van der Waals surface area contributed by atoms with Crippen molar-refractivity contribution in [2.45, 2.75) is 121 Å². The molecule has 0 aliphatic carbocycles. The van der Waals surface area contributed by atoms with Gasteiger partial charge in [-0.05, 0) is 110 Å². The number of carboxylic acid groups (broad SMARTS) is 1. The van der Waals surface area contributed by atoms with Gasteiger partial charge in [0.2, 0.25) is 23.6 Å². The Hall–Kier alpha value is -6.33. The van der Waals surface area contributed by atoms with Gasteiger partial charge in [0, 0.05) is 30.2 Å². The second kappa shape index (κ2) is 21.3. The summed E-state index contributed by atoms with van der Waals surface area (Å²) in [5.41, 5.74) is 2.52. The van der Waals surface area contributed by atoms with Crippen LogP contribution in [-0.4, -0.2) is 95.1 Å². The highest BCUT2D eigenvalue weighted by atomic mass is 19.4. The first-order chi connectivity index (χ1) is 31.4. The van der Waals surface area contributed by atoms with Crippen molar-refractivity contribution in [1.29, 1.82) is 0 Å². The van der Waals surface area contributed by atoms with E-state index in [0.29, 0.717) is 81.5 Å². The van der Waals surface area contributed by atoms with Crippen molar-refractivity contribution in [2.75, 3.05) is 35.7 Å². The van der Waals surface area contributed by atoms with Crippen LogP contribution in [-0.2, 0) is 30.1 Å². The van der Waals surface area contributed by atoms with Crippen molar-refractivity contribution in [3.05, 3.63) is 89.5 Å². The molecule has 15 nitrogen and oxygen atoms in total. The SMILES string of the molecule is CCC(C)C(NC(=O)OC)C(=O)N1CCCC1C(=O)Nc1ccc([C@H]2CC[C@H](c3ccc(NC(=O)[C@@H]4CCCN4C(=O)[C@@H](NC(=O)O)[C@@H](C)CC)cc3)N2c2ccc(C(F)(F)F)cc2)cc1. The number of ether oxygens (including phenoxy) is 1. The Kier molecular flexibility index (Phi) is 15.9. The van der Waals surface area contributed by atoms with Gasteiger partial charge < -0.3 is 45.8 Å². The van der Waals surface area contributed by atoms with Crippen LogP contribution in [0.25, 0.3) is 0 Å². The van der Waals surface area contributed by atoms with Gasteiger partial charge in [-0.3, -0.25) is 19.2 Å². The number of rotatable bonds is 15. The van der Waals surface area contributed by atoms with Gasteiger partial charge in [0.15, 0.2) is 0 Å². The van der Waals surface area contributed by atoms with Gasteiger partial charge in [-0.15, -0.1) is 0 Å². The molecule has 3 unspecified atom stereocenters. The van der Waals surface area contributed by atoms with Crippen LogP contribution < -0.4 is 26.2 Å². The number of hydrogen-bond acceptors (Lipinski definition) is 8. The summed E-state index contributed by atoms with van der Waals surface area (Å²) in [5.74, 6) is -2.03. The molecule has 0 spiro atoms. The average Bonchev–Trinajstić information content (AvgIpc) is 4.10. The molecule has 3 aromatic rings. The number of hydrogen-bond donors (Lipinski definition) is 5. The standard InChI is InChI=1S/C48H60F3N7O8/c1-6-28(3)40(54-46(63)64)44(61)56-26-8-10-38(56)42(59)52-33-18-12-30(13-19-33)36-24-25-37(58(36)35-22-16-32(17-23-35)48(49,50)51)31-14-20-34(21-15-31)53-43(60)39-11-9-27-57(39)45(62)41(29(4)7-2)55-47(65)66-5/h12-23,28-29,36-41,54H,6-11,24-27H2,1-5H3,(H,52,59)(H,53,60)(H,55,65)(H,63,64)/t28-,29?,36+,37+,38-,39?,40-,41?/m0/s1. The van der Waals surface area contributed by atoms with E-state index in [-0.39, 0.29) is 35.7 Å². The first kappa shape index (κ1) is 49.1. The molecule has 5 N–H and O–H groups in total. The van der Waals surface area contributed by atoms with Crippen LogP contribution in [0.5, 0.6) is 0 Å². The maximum absolute atomic E-state index is 13.7. The van der Waals surface area contributed by atoms with E-state index in [1.807, 2.05) is 45.0 Å². The fourth-order valence-corrected chi connectivity index (χ4v) is 9.32. The summed E-state index contributed by atoms with van der Waals surface area (Å²) in [6, 6.07) is 15.6. The van der Waals surface area contributed by atoms with Crippen LogP contribution in [0.1, 0.15) is 108 Å². The number of carbonyl (C=O) groups is 6. The largest absolute Gasteiger partial charge is 0.465 e. The van der Waals surface area contributed by atoms with Crippen molar-refractivity contribution < 1.29 is 51.8 Å². The molecule has 3 fully saturated rings. The highest BCUT2D eigenvalue weighted by molar-refractivity contribution is 5.99. The van der Waals surface area contributed by atoms with Gasteiger partial charge in [0.1, 0.15) is 24.2 Å². The molecule has 66 heavy (non-hydrogen) atoms. The van der Waals surface area contributed by atoms with Gasteiger partial charge in [-0.25, -0.2) is 9.59 Å². The zero-order chi connectivity index (χ0) is 47.9. The molecule has 0 saturated carbocycles. The maximum Gasteiger partial charge on any atom is 0.416 e. The van der Waals surface area contributed by atoms with Gasteiger partial charge in [0.05, 0.1) is 24.8 Å². The van der Waals surface area contributed by atoms with Gasteiger partial charge in [-0.2, -0.15) is 13.2 Å². The number of benzene rings is 3. The number of likely N-dealkylation sites (tertiary alicyclic amines) is 2. The topological polar surface area (TPSA) is 190 Å². The predicted octanol–water partition coefficient (Wildman–Crippen LogP) is 8.10. The minimum Gasteiger partial charge on any atom is -0.465 e. The van der Waals surface area contributed by atoms with Gasteiger partial charge >= 0.3 is 18.4 Å². The maximum atomic E-state index is 13.7. The van der Waals surface area contributed by atoms with Crippen LogP contribution in [0.3, 0.4) is 0 Å². The fraction of sp³-hybridized carbons (Fsp3) is 0.500. The summed E-state index contributed by atoms with van der Waals surface area (Å²) in [6.45, 7) is 8.09. The molecule has 3 aliphatic rings. The molecular weight excluding hydrogens is 860 g/mol. The van der Waals surface area contributed by atoms with Gasteiger partial charge in [-0.1, -0.05) is 64.8 Å². The minimum atomic E-state index is -4.52. The van der Waals surface area contributed by atoms with E-state index in [9.17, 15) is 47.0 Å². The normalized spacial score (nSPS) is 21.4. The molecule has 0 radical (unpaired) electrons. The number of amides is 6. The lowest BCUT2D eigenvalue weighted by Crippen LogP contribution is -2.54. The fourth-order valence-electron chi connectivity index (χ4n) is 9.32. The number of anilines is 3. The predicted molar refractivity (Wildman–Crippen MR) is 241 cm³/mol.